The highest BCUT2D eigenvalue weighted by molar-refractivity contribution is 7.89. The Labute approximate surface area is 204 Å². The number of carbonyl (C=O) groups is 2. The van der Waals surface area contributed by atoms with Crippen molar-refractivity contribution in [3.63, 3.8) is 0 Å². The third-order valence-corrected chi connectivity index (χ3v) is 9.04. The van der Waals surface area contributed by atoms with E-state index in [1.165, 1.54) is 17.7 Å². The molecule has 0 bridgehead atoms. The molecular formula is C28H24N2O4S. The Morgan fingerprint density at radius 2 is 1.60 bits per heavy atom. The van der Waals surface area contributed by atoms with Gasteiger partial charge in [-0.05, 0) is 42.9 Å². The van der Waals surface area contributed by atoms with E-state index in [0.717, 1.165) is 23.3 Å². The normalized spacial score (nSPS) is 21.8. The summed E-state index contributed by atoms with van der Waals surface area (Å²) < 4.78 is 28.6. The first kappa shape index (κ1) is 21.9. The van der Waals surface area contributed by atoms with Crippen molar-refractivity contribution >= 4 is 27.2 Å². The van der Waals surface area contributed by atoms with Crippen molar-refractivity contribution < 1.29 is 18.0 Å². The second-order valence-corrected chi connectivity index (χ2v) is 11.2. The number of nitrogens with zero attached hydrogens (tertiary/aromatic N) is 2. The van der Waals surface area contributed by atoms with E-state index in [-0.39, 0.29) is 27.8 Å². The van der Waals surface area contributed by atoms with Crippen LogP contribution in [0, 0.1) is 11.8 Å². The van der Waals surface area contributed by atoms with Gasteiger partial charge in [0.15, 0.2) is 0 Å². The second kappa shape index (κ2) is 7.99. The van der Waals surface area contributed by atoms with Crippen molar-refractivity contribution in [1.29, 1.82) is 0 Å². The minimum atomic E-state index is -4.11. The number of ketones is 2. The van der Waals surface area contributed by atoms with Crippen LogP contribution in [0.2, 0.25) is 0 Å². The average Bonchev–Trinajstić information content (AvgIpc) is 3.30. The molecule has 0 spiro atoms. The summed E-state index contributed by atoms with van der Waals surface area (Å²) in [5.74, 6) is -1.00. The molecule has 3 aliphatic rings. The first-order valence-corrected chi connectivity index (χ1v) is 13.3. The molecule has 2 unspecified atom stereocenters. The minimum Gasteiger partial charge on any atom is -0.285 e. The van der Waals surface area contributed by atoms with Gasteiger partial charge in [-0.25, -0.2) is 0 Å². The highest BCUT2D eigenvalue weighted by atomic mass is 32.2. The van der Waals surface area contributed by atoms with Crippen LogP contribution in [0.1, 0.15) is 48.7 Å². The van der Waals surface area contributed by atoms with Crippen LogP contribution in [0.15, 0.2) is 82.8 Å². The molecule has 176 valence electrons. The van der Waals surface area contributed by atoms with Gasteiger partial charge in [0.2, 0.25) is 11.6 Å². The fraction of sp³-hybridized carbons (Fsp3) is 0.250. The molecule has 0 saturated heterocycles. The summed E-state index contributed by atoms with van der Waals surface area (Å²) in [6, 6.07) is 17.0. The van der Waals surface area contributed by atoms with Gasteiger partial charge in [-0.2, -0.15) is 17.6 Å². The van der Waals surface area contributed by atoms with E-state index in [1.807, 2.05) is 6.07 Å². The second-order valence-electron chi connectivity index (χ2n) is 9.44. The van der Waals surface area contributed by atoms with E-state index in [2.05, 4.69) is 18.1 Å². The van der Waals surface area contributed by atoms with E-state index in [4.69, 9.17) is 0 Å². The van der Waals surface area contributed by atoms with Crippen LogP contribution in [-0.2, 0) is 14.8 Å². The van der Waals surface area contributed by atoms with Crippen LogP contribution >= 0.6 is 0 Å². The van der Waals surface area contributed by atoms with E-state index < -0.39 is 21.6 Å². The summed E-state index contributed by atoms with van der Waals surface area (Å²) in [5, 5.41) is 4.51. The molecule has 0 amide bonds. The van der Waals surface area contributed by atoms with Gasteiger partial charge in [0.1, 0.15) is 5.69 Å². The molecule has 0 radical (unpaired) electrons. The van der Waals surface area contributed by atoms with Gasteiger partial charge in [-0.1, -0.05) is 73.5 Å². The number of carbonyl (C=O) groups excluding carboxylic acids is 2. The Hall–Kier alpha value is -3.58. The third-order valence-electron chi connectivity index (χ3n) is 7.45. The predicted octanol–water partition coefficient (Wildman–Crippen LogP) is 5.07. The zero-order valence-electron chi connectivity index (χ0n) is 19.3. The van der Waals surface area contributed by atoms with Gasteiger partial charge in [0, 0.05) is 17.1 Å². The molecule has 0 aliphatic heterocycles. The molecule has 3 aliphatic carbocycles. The first-order valence-electron chi connectivity index (χ1n) is 11.9. The number of rotatable bonds is 3. The lowest BCUT2D eigenvalue weighted by atomic mass is 9.66. The number of allylic oxidation sites excluding steroid dienone is 4. The maximum absolute atomic E-state index is 13.8. The van der Waals surface area contributed by atoms with Gasteiger partial charge in [0.25, 0.3) is 10.0 Å². The molecule has 1 aromatic heterocycles. The number of fused-ring (bicyclic) bond motifs is 4. The Morgan fingerprint density at radius 1 is 0.914 bits per heavy atom. The molecule has 0 N–H and O–H groups in total. The number of aromatic nitrogens is 2. The smallest absolute Gasteiger partial charge is 0.283 e. The van der Waals surface area contributed by atoms with E-state index in [9.17, 15) is 18.0 Å². The lowest BCUT2D eigenvalue weighted by Crippen LogP contribution is -2.34. The predicted molar refractivity (Wildman–Crippen MR) is 132 cm³/mol. The lowest BCUT2D eigenvalue weighted by molar-refractivity contribution is -0.112. The summed E-state index contributed by atoms with van der Waals surface area (Å²) in [5.41, 5.74) is 3.41. The average molecular weight is 485 g/mol. The molecule has 2 atom stereocenters. The van der Waals surface area contributed by atoms with Crippen LogP contribution in [0.5, 0.6) is 0 Å². The summed E-state index contributed by atoms with van der Waals surface area (Å²) in [7, 11) is -4.11. The van der Waals surface area contributed by atoms with Gasteiger partial charge in [-0.15, -0.1) is 0 Å². The van der Waals surface area contributed by atoms with Crippen molar-refractivity contribution in [1.82, 2.24) is 9.19 Å². The number of hydrogen-bond acceptors (Lipinski definition) is 5. The van der Waals surface area contributed by atoms with Crippen LogP contribution < -0.4 is 0 Å². The molecule has 3 aromatic rings. The molecule has 2 aromatic carbocycles. The van der Waals surface area contributed by atoms with Crippen LogP contribution in [0.25, 0.3) is 16.8 Å². The van der Waals surface area contributed by atoms with Crippen LogP contribution in [-0.4, -0.2) is 29.2 Å². The highest BCUT2D eigenvalue weighted by Gasteiger charge is 2.46. The Morgan fingerprint density at radius 3 is 2.31 bits per heavy atom. The summed E-state index contributed by atoms with van der Waals surface area (Å²) >= 11 is 0. The van der Waals surface area contributed by atoms with Crippen molar-refractivity contribution in [2.24, 2.45) is 11.8 Å². The summed E-state index contributed by atoms with van der Waals surface area (Å²) in [6.07, 6.45) is 5.34. The van der Waals surface area contributed by atoms with Gasteiger partial charge in [0.05, 0.1) is 16.2 Å². The van der Waals surface area contributed by atoms with Crippen molar-refractivity contribution in [3.05, 3.63) is 89.1 Å². The molecule has 1 saturated carbocycles. The molecular weight excluding hydrogens is 460 g/mol. The Balaban J connectivity index is 1.66. The van der Waals surface area contributed by atoms with Gasteiger partial charge < -0.3 is 0 Å². The summed E-state index contributed by atoms with van der Waals surface area (Å²) in [4.78, 5) is 27.3. The molecule has 6 nitrogen and oxygen atoms in total. The van der Waals surface area contributed by atoms with Gasteiger partial charge >= 0.3 is 0 Å². The fourth-order valence-corrected chi connectivity index (χ4v) is 7.13. The van der Waals surface area contributed by atoms with Gasteiger partial charge in [-0.3, -0.25) is 9.59 Å². The molecule has 35 heavy (non-hydrogen) atoms. The molecule has 6 rings (SSSR count). The molecule has 1 fully saturated rings. The SMILES string of the molecule is CC1CCCC2C1=CCC1=C2C(=O)C(=O)c2c(-c3ccccc3)nn(S(=O)(=O)c3ccccc3)c21. The lowest BCUT2D eigenvalue weighted by Gasteiger charge is -2.37. The zero-order valence-corrected chi connectivity index (χ0v) is 20.1. The van der Waals surface area contributed by atoms with E-state index >= 15 is 0 Å². The van der Waals surface area contributed by atoms with Crippen molar-refractivity contribution in [2.75, 3.05) is 0 Å². The monoisotopic (exact) mass is 484 g/mol. The maximum Gasteiger partial charge on any atom is 0.283 e. The maximum atomic E-state index is 13.8. The largest absolute Gasteiger partial charge is 0.285 e. The quantitative estimate of drug-likeness (QED) is 0.383. The number of benzene rings is 2. The molecule has 7 heteroatoms. The zero-order chi connectivity index (χ0) is 24.3. The molecule has 1 heterocycles. The van der Waals surface area contributed by atoms with E-state index in [1.54, 1.807) is 42.5 Å². The number of hydrogen-bond donors (Lipinski definition) is 0. The Kier molecular flexibility index (Phi) is 5.00. The van der Waals surface area contributed by atoms with Crippen LogP contribution in [0.3, 0.4) is 0 Å². The third kappa shape index (κ3) is 3.22. The minimum absolute atomic E-state index is 0.0785. The first-order chi connectivity index (χ1) is 16.9. The summed E-state index contributed by atoms with van der Waals surface area (Å²) in [6.45, 7) is 2.15. The number of Topliss-reactive ketones (excluding diaryl/α,β-unsaturated/α-hetero) is 2. The van der Waals surface area contributed by atoms with E-state index in [0.29, 0.717) is 29.0 Å². The van der Waals surface area contributed by atoms with Crippen molar-refractivity contribution in [3.8, 4) is 11.3 Å². The highest BCUT2D eigenvalue weighted by Crippen LogP contribution is 2.49. The Bertz CT molecular complexity index is 1550. The topological polar surface area (TPSA) is 86.1 Å². The fourth-order valence-electron chi connectivity index (χ4n) is 5.80. The van der Waals surface area contributed by atoms with Crippen molar-refractivity contribution in [2.45, 2.75) is 37.5 Å². The van der Waals surface area contributed by atoms with Crippen LogP contribution in [0.4, 0.5) is 0 Å². The standard InChI is InChI=1S/C28H24N2O4S/c1-17-9-8-14-21-20(17)15-16-22-23(21)27(31)28(32)24-25(18-10-4-2-5-11-18)29-30(26(22)24)35(33,34)19-12-6-3-7-13-19/h2-7,10-13,15,17,21H,8-9,14,16H2,1H3.